The number of halogens is 3. The third kappa shape index (κ3) is 3.74. The van der Waals surface area contributed by atoms with Gasteiger partial charge in [0, 0.05) is 5.25 Å². The van der Waals surface area contributed by atoms with Gasteiger partial charge in [-0.15, -0.1) is 0 Å². The van der Waals surface area contributed by atoms with Gasteiger partial charge in [-0.25, -0.2) is 0 Å². The molecule has 0 saturated carbocycles. The maximum atomic E-state index is 12.3. The van der Waals surface area contributed by atoms with Crippen LogP contribution in [0.15, 0.2) is 24.3 Å². The Kier molecular flexibility index (Phi) is 4.30. The Morgan fingerprint density at radius 1 is 1.00 bits per heavy atom. The second kappa shape index (κ2) is 5.13. The third-order valence-corrected chi connectivity index (χ3v) is 3.41. The van der Waals surface area contributed by atoms with Crippen LogP contribution < -0.4 is 0 Å². The Balaban J connectivity index is 2.79. The highest BCUT2D eigenvalue weighted by Crippen LogP contribution is 2.34. The molecule has 0 aliphatic carbocycles. The van der Waals surface area contributed by atoms with Crippen molar-refractivity contribution >= 4 is 11.8 Å². The summed E-state index contributed by atoms with van der Waals surface area (Å²) in [5, 5.41) is 0.694. The number of alkyl halides is 3. The van der Waals surface area contributed by atoms with Crippen LogP contribution in [0.25, 0.3) is 0 Å². The van der Waals surface area contributed by atoms with Gasteiger partial charge >= 0.3 is 6.18 Å². The quantitative estimate of drug-likeness (QED) is 0.732. The van der Waals surface area contributed by atoms with E-state index < -0.39 is 11.7 Å². The van der Waals surface area contributed by atoms with Crippen molar-refractivity contribution in [1.82, 2.24) is 0 Å². The Labute approximate surface area is 98.2 Å². The highest BCUT2D eigenvalue weighted by atomic mass is 32.2. The zero-order valence-corrected chi connectivity index (χ0v) is 10.3. The molecule has 1 aromatic carbocycles. The van der Waals surface area contributed by atoms with Crippen LogP contribution in [0.3, 0.4) is 0 Å². The molecule has 0 aromatic heterocycles. The molecule has 90 valence electrons. The molecule has 0 aliphatic heterocycles. The highest BCUT2D eigenvalue weighted by molar-refractivity contribution is 8.00. The van der Waals surface area contributed by atoms with Crippen molar-refractivity contribution in [2.24, 2.45) is 0 Å². The number of hydrogen-bond donors (Lipinski definition) is 0. The lowest BCUT2D eigenvalue weighted by atomic mass is 10.1. The molecule has 4 heteroatoms. The van der Waals surface area contributed by atoms with E-state index in [1.165, 1.54) is 0 Å². The minimum Gasteiger partial charge on any atom is -0.166 e. The minimum absolute atomic E-state index is 0.224. The van der Waals surface area contributed by atoms with Gasteiger partial charge in [-0.1, -0.05) is 26.0 Å². The van der Waals surface area contributed by atoms with Crippen molar-refractivity contribution in [3.63, 3.8) is 0 Å². The smallest absolute Gasteiger partial charge is 0.166 e. The summed E-state index contributed by atoms with van der Waals surface area (Å²) in [5.41, 5.74) is 0.352. The van der Waals surface area contributed by atoms with Gasteiger partial charge in [0.1, 0.15) is 0 Å². The Morgan fingerprint density at radius 2 is 1.50 bits per heavy atom. The summed E-state index contributed by atoms with van der Waals surface area (Å²) in [7, 11) is 0. The van der Waals surface area contributed by atoms with Crippen molar-refractivity contribution in [2.45, 2.75) is 37.4 Å². The molecule has 1 atom stereocenters. The van der Waals surface area contributed by atoms with E-state index in [1.807, 2.05) is 6.92 Å². The minimum atomic E-state index is -4.24. The molecule has 0 fully saturated rings. The molecule has 0 nitrogen and oxygen atoms in total. The van der Waals surface area contributed by atoms with Crippen LogP contribution >= 0.6 is 11.8 Å². The fourth-order valence-corrected chi connectivity index (χ4v) is 2.56. The van der Waals surface area contributed by atoms with Gasteiger partial charge < -0.3 is 0 Å². The molecule has 0 saturated heterocycles. The van der Waals surface area contributed by atoms with Crippen LogP contribution in [-0.2, 0) is 6.18 Å². The molecule has 0 aliphatic rings. The Bertz CT molecular complexity index is 327. The van der Waals surface area contributed by atoms with E-state index in [0.29, 0.717) is 5.25 Å². The molecule has 0 N–H and O–H groups in total. The normalized spacial score (nSPS) is 14.2. The first-order valence-electron chi connectivity index (χ1n) is 5.13. The van der Waals surface area contributed by atoms with Crippen LogP contribution in [-0.4, -0.2) is 5.25 Å². The largest absolute Gasteiger partial charge is 0.416 e. The molecule has 0 radical (unpaired) electrons. The van der Waals surface area contributed by atoms with Crippen molar-refractivity contribution in [3.05, 3.63) is 35.4 Å². The fourth-order valence-electron chi connectivity index (χ4n) is 1.43. The van der Waals surface area contributed by atoms with Crippen LogP contribution in [0.2, 0.25) is 0 Å². The van der Waals surface area contributed by atoms with E-state index in [-0.39, 0.29) is 5.25 Å². The SMILES string of the molecule is CC(C)SC(C)c1ccc(C(F)(F)F)cc1. The number of rotatable bonds is 3. The molecule has 0 amide bonds. The zero-order chi connectivity index (χ0) is 12.3. The van der Waals surface area contributed by atoms with Gasteiger partial charge in [0.25, 0.3) is 0 Å². The predicted octanol–water partition coefficient (Wildman–Crippen LogP) is 4.91. The topological polar surface area (TPSA) is 0 Å². The highest BCUT2D eigenvalue weighted by Gasteiger charge is 2.30. The lowest BCUT2D eigenvalue weighted by molar-refractivity contribution is -0.137. The Morgan fingerprint density at radius 3 is 1.88 bits per heavy atom. The summed E-state index contributed by atoms with van der Waals surface area (Å²) in [5.74, 6) is 0. The van der Waals surface area contributed by atoms with Gasteiger partial charge in [0.15, 0.2) is 0 Å². The van der Waals surface area contributed by atoms with Crippen molar-refractivity contribution < 1.29 is 13.2 Å². The first-order chi connectivity index (χ1) is 7.30. The van der Waals surface area contributed by atoms with E-state index in [4.69, 9.17) is 0 Å². The van der Waals surface area contributed by atoms with Crippen molar-refractivity contribution in [1.29, 1.82) is 0 Å². The molecule has 16 heavy (non-hydrogen) atoms. The number of benzene rings is 1. The summed E-state index contributed by atoms with van der Waals surface area (Å²) in [6.45, 7) is 6.16. The van der Waals surface area contributed by atoms with Gasteiger partial charge in [-0.3, -0.25) is 0 Å². The van der Waals surface area contributed by atoms with E-state index in [9.17, 15) is 13.2 Å². The average Bonchev–Trinajstić information content (AvgIpc) is 2.15. The molecule has 1 unspecified atom stereocenters. The first kappa shape index (κ1) is 13.4. The predicted molar refractivity (Wildman–Crippen MR) is 62.6 cm³/mol. The Hall–Kier alpha value is -0.640. The molecular formula is C12H15F3S. The van der Waals surface area contributed by atoms with Gasteiger partial charge in [-0.05, 0) is 29.9 Å². The summed E-state index contributed by atoms with van der Waals surface area (Å²) in [4.78, 5) is 0. The lowest BCUT2D eigenvalue weighted by Crippen LogP contribution is -2.05. The van der Waals surface area contributed by atoms with Crippen LogP contribution in [0.5, 0.6) is 0 Å². The zero-order valence-electron chi connectivity index (χ0n) is 9.51. The summed E-state index contributed by atoms with van der Waals surface area (Å²) < 4.78 is 37.0. The van der Waals surface area contributed by atoms with Crippen molar-refractivity contribution in [2.75, 3.05) is 0 Å². The summed E-state index contributed by atoms with van der Waals surface area (Å²) in [6, 6.07) is 5.41. The summed E-state index contributed by atoms with van der Waals surface area (Å²) >= 11 is 1.74. The molecule has 1 aromatic rings. The van der Waals surface area contributed by atoms with Crippen molar-refractivity contribution in [3.8, 4) is 0 Å². The van der Waals surface area contributed by atoms with E-state index >= 15 is 0 Å². The number of hydrogen-bond acceptors (Lipinski definition) is 1. The third-order valence-electron chi connectivity index (χ3n) is 2.18. The van der Waals surface area contributed by atoms with Crippen LogP contribution in [0.1, 0.15) is 37.1 Å². The maximum Gasteiger partial charge on any atom is 0.416 e. The van der Waals surface area contributed by atoms with E-state index in [2.05, 4.69) is 13.8 Å². The fraction of sp³-hybridized carbons (Fsp3) is 0.500. The van der Waals surface area contributed by atoms with Crippen LogP contribution in [0, 0.1) is 0 Å². The van der Waals surface area contributed by atoms with Crippen LogP contribution in [0.4, 0.5) is 13.2 Å². The molecule has 0 bridgehead atoms. The summed E-state index contributed by atoms with van der Waals surface area (Å²) in [6.07, 6.45) is -4.24. The van der Waals surface area contributed by atoms with Gasteiger partial charge in [-0.2, -0.15) is 24.9 Å². The molecule has 0 spiro atoms. The standard InChI is InChI=1S/C12H15F3S/c1-8(2)16-9(3)10-4-6-11(7-5-10)12(13,14)15/h4-9H,1-3H3. The second-order valence-electron chi connectivity index (χ2n) is 3.95. The lowest BCUT2D eigenvalue weighted by Gasteiger charge is -2.15. The van der Waals surface area contributed by atoms with E-state index in [0.717, 1.165) is 17.7 Å². The average molecular weight is 248 g/mol. The second-order valence-corrected chi connectivity index (χ2v) is 5.87. The van der Waals surface area contributed by atoms with Gasteiger partial charge in [0.05, 0.1) is 5.56 Å². The van der Waals surface area contributed by atoms with E-state index in [1.54, 1.807) is 23.9 Å². The molecule has 1 rings (SSSR count). The first-order valence-corrected chi connectivity index (χ1v) is 6.07. The molecular weight excluding hydrogens is 233 g/mol. The maximum absolute atomic E-state index is 12.3. The van der Waals surface area contributed by atoms with Gasteiger partial charge in [0.2, 0.25) is 0 Å². The monoisotopic (exact) mass is 248 g/mol. The molecule has 0 heterocycles. The number of thioether (sulfide) groups is 1.